The van der Waals surface area contributed by atoms with Gasteiger partial charge >= 0.3 is 0 Å². The van der Waals surface area contributed by atoms with Gasteiger partial charge in [-0.3, -0.25) is 9.69 Å². The van der Waals surface area contributed by atoms with Crippen LogP contribution in [-0.4, -0.2) is 80.3 Å². The van der Waals surface area contributed by atoms with E-state index in [9.17, 15) is 4.79 Å². The van der Waals surface area contributed by atoms with Crippen molar-refractivity contribution in [2.75, 3.05) is 53.6 Å². The summed E-state index contributed by atoms with van der Waals surface area (Å²) in [4.78, 5) is 21.8. The summed E-state index contributed by atoms with van der Waals surface area (Å²) >= 11 is 0. The first kappa shape index (κ1) is 17.9. The molecule has 0 aliphatic carbocycles. The zero-order valence-corrected chi connectivity index (χ0v) is 15.1. The average molecular weight is 349 g/mol. The van der Waals surface area contributed by atoms with E-state index in [1.807, 2.05) is 4.90 Å². The van der Waals surface area contributed by atoms with E-state index in [2.05, 4.69) is 9.88 Å². The number of carbonyl (C=O) groups is 1. The molecule has 2 aliphatic heterocycles. The molecule has 0 spiro atoms. The maximum Gasteiger partial charge on any atom is 0.259 e. The second kappa shape index (κ2) is 8.49. The minimum absolute atomic E-state index is 0.00929. The first-order valence-corrected chi connectivity index (χ1v) is 8.93. The molecule has 25 heavy (non-hydrogen) atoms. The van der Waals surface area contributed by atoms with Crippen LogP contribution in [0, 0.1) is 0 Å². The fourth-order valence-electron chi connectivity index (χ4n) is 3.55. The molecule has 0 bridgehead atoms. The molecule has 1 aromatic heterocycles. The van der Waals surface area contributed by atoms with Gasteiger partial charge in [-0.05, 0) is 25.3 Å². The van der Waals surface area contributed by atoms with Gasteiger partial charge in [-0.2, -0.15) is 4.98 Å². The molecule has 2 saturated heterocycles. The standard InChI is InChI=1S/C18H27N3O4/c1-23-16-7-6-15(17(19-16)24-2)18(22)21-8-4-3-5-14(21)13-20-9-11-25-12-10-20/h6-7,14H,3-5,8-13H2,1-2H3. The first-order valence-electron chi connectivity index (χ1n) is 8.93. The molecule has 2 fully saturated rings. The third kappa shape index (κ3) is 4.22. The molecule has 0 saturated carbocycles. The fourth-order valence-corrected chi connectivity index (χ4v) is 3.55. The number of morpholine rings is 1. The number of hydrogen-bond acceptors (Lipinski definition) is 6. The molecular formula is C18H27N3O4. The number of methoxy groups -OCH3 is 2. The van der Waals surface area contributed by atoms with Gasteiger partial charge < -0.3 is 19.1 Å². The molecule has 7 heteroatoms. The summed E-state index contributed by atoms with van der Waals surface area (Å²) in [7, 11) is 3.08. The third-order valence-corrected chi connectivity index (χ3v) is 4.93. The molecule has 0 N–H and O–H groups in total. The Balaban J connectivity index is 1.76. The van der Waals surface area contributed by atoms with Crippen LogP contribution in [0.4, 0.5) is 0 Å². The minimum atomic E-state index is -0.00929. The van der Waals surface area contributed by atoms with Crippen molar-refractivity contribution in [3.8, 4) is 11.8 Å². The molecule has 1 unspecified atom stereocenters. The molecule has 1 aromatic rings. The van der Waals surface area contributed by atoms with Gasteiger partial charge in [0, 0.05) is 38.3 Å². The summed E-state index contributed by atoms with van der Waals surface area (Å²) in [5.41, 5.74) is 0.497. The predicted molar refractivity (Wildman–Crippen MR) is 93.3 cm³/mol. The highest BCUT2D eigenvalue weighted by atomic mass is 16.5. The van der Waals surface area contributed by atoms with Crippen molar-refractivity contribution in [1.29, 1.82) is 0 Å². The smallest absolute Gasteiger partial charge is 0.259 e. The molecule has 0 aromatic carbocycles. The van der Waals surface area contributed by atoms with Gasteiger partial charge in [0.1, 0.15) is 5.56 Å². The number of rotatable bonds is 5. The predicted octanol–water partition coefficient (Wildman–Crippen LogP) is 1.43. The summed E-state index contributed by atoms with van der Waals surface area (Å²) in [6.45, 7) is 5.11. The quantitative estimate of drug-likeness (QED) is 0.801. The lowest BCUT2D eigenvalue weighted by molar-refractivity contribution is 0.0165. The number of pyridine rings is 1. The van der Waals surface area contributed by atoms with Gasteiger partial charge in [0.25, 0.3) is 5.91 Å². The third-order valence-electron chi connectivity index (χ3n) is 4.93. The summed E-state index contributed by atoms with van der Waals surface area (Å²) < 4.78 is 15.9. The highest BCUT2D eigenvalue weighted by molar-refractivity contribution is 5.96. The molecule has 2 aliphatic rings. The molecule has 1 amide bonds. The lowest BCUT2D eigenvalue weighted by atomic mass is 10.00. The number of aromatic nitrogens is 1. The van der Waals surface area contributed by atoms with Crippen molar-refractivity contribution in [3.05, 3.63) is 17.7 Å². The van der Waals surface area contributed by atoms with Crippen LogP contribution in [-0.2, 0) is 4.74 Å². The highest BCUT2D eigenvalue weighted by Crippen LogP contribution is 2.26. The number of likely N-dealkylation sites (tertiary alicyclic amines) is 1. The Morgan fingerprint density at radius 1 is 1.20 bits per heavy atom. The topological polar surface area (TPSA) is 64.1 Å². The van der Waals surface area contributed by atoms with Gasteiger partial charge in [-0.15, -0.1) is 0 Å². The molecule has 0 radical (unpaired) electrons. The fraction of sp³-hybridized carbons (Fsp3) is 0.667. The van der Waals surface area contributed by atoms with E-state index in [0.717, 1.165) is 58.7 Å². The Labute approximate surface area is 148 Å². The van der Waals surface area contributed by atoms with Crippen molar-refractivity contribution in [2.45, 2.75) is 25.3 Å². The zero-order chi connectivity index (χ0) is 17.6. The lowest BCUT2D eigenvalue weighted by Crippen LogP contribution is -2.51. The Kier molecular flexibility index (Phi) is 6.09. The Morgan fingerprint density at radius 2 is 2.00 bits per heavy atom. The van der Waals surface area contributed by atoms with E-state index in [-0.39, 0.29) is 11.9 Å². The van der Waals surface area contributed by atoms with Crippen LogP contribution in [0.15, 0.2) is 12.1 Å². The van der Waals surface area contributed by atoms with E-state index < -0.39 is 0 Å². The molecule has 138 valence electrons. The summed E-state index contributed by atoms with van der Waals surface area (Å²) in [6, 6.07) is 3.68. The van der Waals surface area contributed by atoms with Gasteiger partial charge in [0.05, 0.1) is 27.4 Å². The van der Waals surface area contributed by atoms with Crippen LogP contribution in [0.5, 0.6) is 11.8 Å². The second-order valence-electron chi connectivity index (χ2n) is 6.47. The average Bonchev–Trinajstić information content (AvgIpc) is 2.68. The molecule has 7 nitrogen and oxygen atoms in total. The zero-order valence-electron chi connectivity index (χ0n) is 15.1. The maximum absolute atomic E-state index is 13.2. The number of piperidine rings is 1. The van der Waals surface area contributed by atoms with E-state index in [0.29, 0.717) is 17.3 Å². The lowest BCUT2D eigenvalue weighted by Gasteiger charge is -2.39. The van der Waals surface area contributed by atoms with Gasteiger partial charge in [0.2, 0.25) is 11.8 Å². The van der Waals surface area contributed by atoms with Crippen molar-refractivity contribution in [1.82, 2.24) is 14.8 Å². The summed E-state index contributed by atoms with van der Waals surface area (Å²) in [5, 5.41) is 0. The van der Waals surface area contributed by atoms with Crippen molar-refractivity contribution in [2.24, 2.45) is 0 Å². The van der Waals surface area contributed by atoms with E-state index in [1.54, 1.807) is 19.2 Å². The Bertz CT molecular complexity index is 590. The van der Waals surface area contributed by atoms with Gasteiger partial charge in [0.15, 0.2) is 0 Å². The molecule has 3 rings (SSSR count). The van der Waals surface area contributed by atoms with Gasteiger partial charge in [-0.1, -0.05) is 0 Å². The Hall–Kier alpha value is -1.86. The maximum atomic E-state index is 13.2. The number of ether oxygens (including phenoxy) is 3. The normalized spacial score (nSPS) is 21.8. The highest BCUT2D eigenvalue weighted by Gasteiger charge is 2.31. The van der Waals surface area contributed by atoms with Crippen LogP contribution >= 0.6 is 0 Å². The van der Waals surface area contributed by atoms with E-state index >= 15 is 0 Å². The van der Waals surface area contributed by atoms with Gasteiger partial charge in [-0.25, -0.2) is 0 Å². The number of amides is 1. The summed E-state index contributed by atoms with van der Waals surface area (Å²) in [5.74, 6) is 0.752. The van der Waals surface area contributed by atoms with E-state index in [4.69, 9.17) is 14.2 Å². The number of nitrogens with zero attached hydrogens (tertiary/aromatic N) is 3. The van der Waals surface area contributed by atoms with Crippen LogP contribution in [0.25, 0.3) is 0 Å². The first-order chi connectivity index (χ1) is 12.2. The molecule has 3 heterocycles. The van der Waals surface area contributed by atoms with Crippen molar-refractivity contribution >= 4 is 5.91 Å². The van der Waals surface area contributed by atoms with E-state index in [1.165, 1.54) is 7.11 Å². The molecule has 1 atom stereocenters. The Morgan fingerprint density at radius 3 is 2.72 bits per heavy atom. The number of carbonyl (C=O) groups excluding carboxylic acids is 1. The van der Waals surface area contributed by atoms with Crippen LogP contribution < -0.4 is 9.47 Å². The van der Waals surface area contributed by atoms with Crippen molar-refractivity contribution < 1.29 is 19.0 Å². The second-order valence-corrected chi connectivity index (χ2v) is 6.47. The molecular weight excluding hydrogens is 322 g/mol. The minimum Gasteiger partial charge on any atom is -0.481 e. The largest absolute Gasteiger partial charge is 0.481 e. The van der Waals surface area contributed by atoms with Crippen LogP contribution in [0.3, 0.4) is 0 Å². The summed E-state index contributed by atoms with van der Waals surface area (Å²) in [6.07, 6.45) is 3.24. The van der Waals surface area contributed by atoms with Crippen LogP contribution in [0.1, 0.15) is 29.6 Å². The monoisotopic (exact) mass is 349 g/mol. The number of hydrogen-bond donors (Lipinski definition) is 0. The van der Waals surface area contributed by atoms with Crippen molar-refractivity contribution in [3.63, 3.8) is 0 Å². The van der Waals surface area contributed by atoms with Crippen LogP contribution in [0.2, 0.25) is 0 Å². The SMILES string of the molecule is COc1ccc(C(=O)N2CCCCC2CN2CCOCC2)c(OC)n1.